The van der Waals surface area contributed by atoms with Gasteiger partial charge in [0.15, 0.2) is 0 Å². The van der Waals surface area contributed by atoms with Gasteiger partial charge in [0, 0.05) is 37.3 Å². The van der Waals surface area contributed by atoms with Crippen LogP contribution in [0.2, 0.25) is 0 Å². The first-order valence-corrected chi connectivity index (χ1v) is 10.9. The fourth-order valence-corrected chi connectivity index (χ4v) is 3.65. The van der Waals surface area contributed by atoms with E-state index in [0.29, 0.717) is 37.3 Å². The van der Waals surface area contributed by atoms with E-state index in [2.05, 4.69) is 19.9 Å². The Balaban J connectivity index is 1.65. The summed E-state index contributed by atoms with van der Waals surface area (Å²) in [6, 6.07) is 0. The molecular weight excluding hydrogens is 345 g/mol. The minimum atomic E-state index is -2.22. The van der Waals surface area contributed by atoms with Crippen LogP contribution in [0.3, 0.4) is 0 Å². The van der Waals surface area contributed by atoms with Gasteiger partial charge in [-0.05, 0) is 13.3 Å². The van der Waals surface area contributed by atoms with Gasteiger partial charge in [0.2, 0.25) is 5.95 Å². The van der Waals surface area contributed by atoms with Crippen molar-refractivity contribution in [2.45, 2.75) is 12.6 Å². The molecule has 25 heavy (non-hydrogen) atoms. The quantitative estimate of drug-likeness (QED) is 0.535. The molecule has 3 rings (SSSR count). The second kappa shape index (κ2) is 6.92. The molecule has 2 aromatic rings. The maximum Gasteiger partial charge on any atom is 0.276 e. The summed E-state index contributed by atoms with van der Waals surface area (Å²) >= 11 is 0. The van der Waals surface area contributed by atoms with E-state index >= 15 is 0 Å². The highest BCUT2D eigenvalue weighted by molar-refractivity contribution is 7.62. The number of nitrogens with two attached hydrogens (primary N) is 1. The summed E-state index contributed by atoms with van der Waals surface area (Å²) < 4.78 is 17.2. The third-order valence-corrected chi connectivity index (χ3v) is 5.05. The summed E-state index contributed by atoms with van der Waals surface area (Å²) in [5.41, 5.74) is 7.12. The SMILES string of the molecule is CP(C)(=O)COCC1CN(Cc2c[nH]c3c(=O)[nH]c(N)nc23)CC1O. The van der Waals surface area contributed by atoms with Crippen molar-refractivity contribution < 1.29 is 14.4 Å². The number of hydrogen-bond acceptors (Lipinski definition) is 7. The first kappa shape index (κ1) is 18.1. The maximum absolute atomic E-state index is 11.9. The maximum atomic E-state index is 11.9. The van der Waals surface area contributed by atoms with Crippen LogP contribution < -0.4 is 11.3 Å². The van der Waals surface area contributed by atoms with Gasteiger partial charge in [-0.1, -0.05) is 0 Å². The molecule has 0 saturated carbocycles. The van der Waals surface area contributed by atoms with E-state index in [0.717, 1.165) is 5.56 Å². The molecule has 0 radical (unpaired) electrons. The highest BCUT2D eigenvalue weighted by Gasteiger charge is 2.32. The zero-order valence-electron chi connectivity index (χ0n) is 14.4. The molecule has 3 heterocycles. The Kier molecular flexibility index (Phi) is 5.02. The van der Waals surface area contributed by atoms with Crippen molar-refractivity contribution in [3.63, 3.8) is 0 Å². The lowest BCUT2D eigenvalue weighted by Gasteiger charge is -2.16. The molecule has 0 spiro atoms. The lowest BCUT2D eigenvalue weighted by Crippen LogP contribution is -2.23. The number of aromatic nitrogens is 3. The van der Waals surface area contributed by atoms with Crippen molar-refractivity contribution in [2.24, 2.45) is 5.92 Å². The van der Waals surface area contributed by atoms with Crippen LogP contribution in [0.25, 0.3) is 11.0 Å². The number of anilines is 1. The van der Waals surface area contributed by atoms with E-state index in [-0.39, 0.29) is 23.8 Å². The van der Waals surface area contributed by atoms with E-state index < -0.39 is 13.2 Å². The highest BCUT2D eigenvalue weighted by atomic mass is 31.2. The summed E-state index contributed by atoms with van der Waals surface area (Å²) in [4.78, 5) is 23.5. The molecule has 2 aromatic heterocycles. The lowest BCUT2D eigenvalue weighted by atomic mass is 10.1. The normalized spacial score (nSPS) is 22.0. The van der Waals surface area contributed by atoms with Crippen LogP contribution in [0.15, 0.2) is 11.0 Å². The standard InChI is InChI=1S/C15H24N5O4P/c1-25(2,23)8-24-7-10-5-20(6-11(10)21)4-9-3-17-13-12(9)18-15(16)19-14(13)22/h3,10-11,17,21H,4-8H2,1-2H3,(H3,16,18,19,22). The Labute approximate surface area is 144 Å². The number of aromatic amines is 2. The smallest absolute Gasteiger partial charge is 0.276 e. The predicted octanol–water partition coefficient (Wildman–Crippen LogP) is 0.223. The summed E-state index contributed by atoms with van der Waals surface area (Å²) in [5, 5.41) is 10.2. The molecule has 1 fully saturated rings. The first-order chi connectivity index (χ1) is 11.7. The number of H-pyrrole nitrogens is 2. The van der Waals surface area contributed by atoms with E-state index in [1.54, 1.807) is 19.5 Å². The van der Waals surface area contributed by atoms with E-state index in [1.165, 1.54) is 0 Å². The molecule has 10 heteroatoms. The van der Waals surface area contributed by atoms with E-state index in [4.69, 9.17) is 10.5 Å². The number of aliphatic hydroxyl groups is 1. The van der Waals surface area contributed by atoms with Crippen LogP contribution in [0.1, 0.15) is 5.56 Å². The van der Waals surface area contributed by atoms with E-state index in [1.807, 2.05) is 0 Å². The third kappa shape index (κ3) is 4.30. The van der Waals surface area contributed by atoms with Crippen LogP contribution in [-0.2, 0) is 15.8 Å². The molecule has 0 aromatic carbocycles. The minimum absolute atomic E-state index is 0.0295. The molecule has 2 unspecified atom stereocenters. The average Bonchev–Trinajstić information content (AvgIpc) is 3.03. The van der Waals surface area contributed by atoms with Crippen molar-refractivity contribution in [2.75, 3.05) is 45.1 Å². The number of nitrogen functional groups attached to an aromatic ring is 1. The van der Waals surface area contributed by atoms with Crippen LogP contribution in [0.5, 0.6) is 0 Å². The molecule has 1 aliphatic rings. The average molecular weight is 369 g/mol. The third-order valence-electron chi connectivity index (χ3n) is 4.24. The molecular formula is C15H24N5O4P. The summed E-state index contributed by atoms with van der Waals surface area (Å²) in [6.45, 7) is 5.45. The molecule has 0 aliphatic carbocycles. The van der Waals surface area contributed by atoms with Gasteiger partial charge in [0.1, 0.15) is 18.2 Å². The summed E-state index contributed by atoms with van der Waals surface area (Å²) in [7, 11) is -2.22. The monoisotopic (exact) mass is 369 g/mol. The van der Waals surface area contributed by atoms with Gasteiger partial charge >= 0.3 is 0 Å². The number of aliphatic hydroxyl groups excluding tert-OH is 1. The van der Waals surface area contributed by atoms with E-state index in [9.17, 15) is 14.5 Å². The second-order valence-electron chi connectivity index (χ2n) is 7.08. The fraction of sp³-hybridized carbons (Fsp3) is 0.600. The number of rotatable bonds is 6. The number of hydrogen-bond donors (Lipinski definition) is 4. The molecule has 9 nitrogen and oxygen atoms in total. The molecule has 2 atom stereocenters. The molecule has 1 saturated heterocycles. The molecule has 138 valence electrons. The first-order valence-electron chi connectivity index (χ1n) is 8.11. The van der Waals surface area contributed by atoms with Crippen molar-refractivity contribution >= 4 is 24.1 Å². The zero-order chi connectivity index (χ0) is 18.2. The van der Waals surface area contributed by atoms with Crippen molar-refractivity contribution in [3.8, 4) is 0 Å². The molecule has 0 amide bonds. The van der Waals surface area contributed by atoms with Crippen LogP contribution in [0.4, 0.5) is 5.95 Å². The Hall–Kier alpha value is -1.67. The summed E-state index contributed by atoms with van der Waals surface area (Å²) in [6.07, 6.45) is 1.47. The second-order valence-corrected chi connectivity index (χ2v) is 10.5. The van der Waals surface area contributed by atoms with Gasteiger partial charge < -0.3 is 25.1 Å². The summed E-state index contributed by atoms with van der Waals surface area (Å²) in [5.74, 6) is 0.0489. The largest absolute Gasteiger partial charge is 0.391 e. The molecule has 1 aliphatic heterocycles. The molecule has 0 bridgehead atoms. The van der Waals surface area contributed by atoms with Crippen LogP contribution in [-0.4, -0.2) is 70.4 Å². The Morgan fingerprint density at radius 1 is 1.48 bits per heavy atom. The number of fused-ring (bicyclic) bond motifs is 1. The van der Waals surface area contributed by atoms with Gasteiger partial charge in [-0.3, -0.25) is 14.7 Å². The Morgan fingerprint density at radius 2 is 2.24 bits per heavy atom. The topological polar surface area (TPSA) is 137 Å². The number of nitrogens with zero attached hydrogens (tertiary/aromatic N) is 2. The number of likely N-dealkylation sites (tertiary alicyclic amines) is 1. The van der Waals surface area contributed by atoms with Crippen molar-refractivity contribution in [3.05, 3.63) is 22.1 Å². The molecule has 5 N–H and O–H groups in total. The predicted molar refractivity (Wildman–Crippen MR) is 96.2 cm³/mol. The van der Waals surface area contributed by atoms with Gasteiger partial charge in [-0.2, -0.15) is 0 Å². The van der Waals surface area contributed by atoms with Crippen LogP contribution in [0, 0.1) is 5.92 Å². The van der Waals surface area contributed by atoms with Gasteiger partial charge in [0.25, 0.3) is 5.56 Å². The van der Waals surface area contributed by atoms with Gasteiger partial charge in [0.05, 0.1) is 19.1 Å². The Morgan fingerprint density at radius 3 is 2.96 bits per heavy atom. The van der Waals surface area contributed by atoms with Crippen molar-refractivity contribution in [1.29, 1.82) is 0 Å². The van der Waals surface area contributed by atoms with Crippen molar-refractivity contribution in [1.82, 2.24) is 19.9 Å². The highest BCUT2D eigenvalue weighted by Crippen LogP contribution is 2.35. The zero-order valence-corrected chi connectivity index (χ0v) is 15.3. The number of nitrogens with one attached hydrogen (secondary N) is 2. The van der Waals surface area contributed by atoms with Gasteiger partial charge in [-0.15, -0.1) is 0 Å². The number of β-amino-alcohol motifs (C(OH)–C–C–N with tert-alkyl or cyclic N) is 1. The minimum Gasteiger partial charge on any atom is -0.391 e. The fourth-order valence-electron chi connectivity index (χ4n) is 3.10. The van der Waals surface area contributed by atoms with Crippen LogP contribution >= 0.6 is 7.14 Å². The lowest BCUT2D eigenvalue weighted by molar-refractivity contribution is 0.0711. The number of ether oxygens (including phenoxy) is 1. The Bertz CT molecular complexity index is 857. The van der Waals surface area contributed by atoms with Gasteiger partial charge in [-0.25, -0.2) is 4.98 Å².